The van der Waals surface area contributed by atoms with Crippen LogP contribution in [0.5, 0.6) is 0 Å². The maximum absolute atomic E-state index is 3.63. The molecule has 1 nitrogen and oxygen atoms in total. The van der Waals surface area contributed by atoms with Crippen LogP contribution in [0.25, 0.3) is 56.3 Å². The van der Waals surface area contributed by atoms with E-state index >= 15 is 0 Å². The fourth-order valence-corrected chi connectivity index (χ4v) is 7.19. The number of hydrogen-bond acceptors (Lipinski definition) is 1. The van der Waals surface area contributed by atoms with Gasteiger partial charge in [-0.05, 0) is 118 Å². The van der Waals surface area contributed by atoms with Crippen molar-refractivity contribution in [1.82, 2.24) is 5.32 Å². The third-order valence-electron chi connectivity index (χ3n) is 9.31. The first-order valence-electron chi connectivity index (χ1n) is 18.5. The lowest BCUT2D eigenvalue weighted by molar-refractivity contribution is 1.01. The van der Waals surface area contributed by atoms with Gasteiger partial charge in [0, 0.05) is 17.5 Å². The summed E-state index contributed by atoms with van der Waals surface area (Å²) in [6, 6.07) is 48.3. The second-order valence-corrected chi connectivity index (χ2v) is 13.1. The molecule has 0 aliphatic carbocycles. The van der Waals surface area contributed by atoms with Crippen molar-refractivity contribution in [3.8, 4) is 44.5 Å². The summed E-state index contributed by atoms with van der Waals surface area (Å²) < 4.78 is 0. The van der Waals surface area contributed by atoms with E-state index in [1.54, 1.807) is 0 Å². The Labute approximate surface area is 306 Å². The molecule has 7 rings (SSSR count). The van der Waals surface area contributed by atoms with Crippen molar-refractivity contribution < 1.29 is 0 Å². The number of rotatable bonds is 6. The number of hydrogen-bond donors (Lipinski definition) is 1. The highest BCUT2D eigenvalue weighted by Gasteiger charge is 2.21. The summed E-state index contributed by atoms with van der Waals surface area (Å²) in [7, 11) is 0. The van der Waals surface area contributed by atoms with Crippen LogP contribution < -0.4 is 15.8 Å². The molecule has 0 saturated carbocycles. The highest BCUT2D eigenvalue weighted by atomic mass is 14.9. The summed E-state index contributed by atoms with van der Waals surface area (Å²) >= 11 is 0. The van der Waals surface area contributed by atoms with Crippen molar-refractivity contribution >= 4 is 11.8 Å². The summed E-state index contributed by atoms with van der Waals surface area (Å²) in [5.74, 6) is 0. The van der Waals surface area contributed by atoms with E-state index < -0.39 is 0 Å². The highest BCUT2D eigenvalue weighted by Crippen LogP contribution is 2.44. The summed E-state index contributed by atoms with van der Waals surface area (Å²) in [5.41, 5.74) is 16.5. The largest absolute Gasteiger partial charge is 0.381 e. The van der Waals surface area contributed by atoms with Gasteiger partial charge >= 0.3 is 0 Å². The van der Waals surface area contributed by atoms with Crippen LogP contribution in [0.1, 0.15) is 62.8 Å². The Morgan fingerprint density at radius 3 is 1.45 bits per heavy atom. The second kappa shape index (κ2) is 18.0. The molecule has 1 heterocycles. The van der Waals surface area contributed by atoms with Gasteiger partial charge < -0.3 is 5.32 Å². The molecule has 0 fully saturated rings. The van der Waals surface area contributed by atoms with Crippen LogP contribution in [0.15, 0.2) is 146 Å². The number of fused-ring (bicyclic) bond motifs is 1. The molecule has 0 radical (unpaired) electrons. The number of allylic oxidation sites excluding steroid dienone is 2. The molecule has 6 aromatic rings. The quantitative estimate of drug-likeness (QED) is 0.174. The minimum atomic E-state index is 0.839. The second-order valence-electron chi connectivity index (χ2n) is 13.1. The third kappa shape index (κ3) is 8.50. The summed E-state index contributed by atoms with van der Waals surface area (Å²) in [6.07, 6.45) is 8.85. The summed E-state index contributed by atoms with van der Waals surface area (Å²) in [5, 5.41) is 6.18. The minimum absolute atomic E-state index is 0.839. The molecule has 1 heteroatoms. The van der Waals surface area contributed by atoms with Crippen molar-refractivity contribution in [2.75, 3.05) is 6.54 Å². The van der Waals surface area contributed by atoms with E-state index in [1.807, 2.05) is 6.92 Å². The first-order chi connectivity index (χ1) is 24.9. The predicted molar refractivity (Wildman–Crippen MR) is 224 cm³/mol. The first-order valence-corrected chi connectivity index (χ1v) is 18.5. The summed E-state index contributed by atoms with van der Waals surface area (Å²) in [6.45, 7) is 16.1. The van der Waals surface area contributed by atoms with Crippen LogP contribution in [-0.4, -0.2) is 6.54 Å². The molecule has 0 saturated heterocycles. The monoisotopic (exact) mass is 667 g/mol. The lowest BCUT2D eigenvalue weighted by Crippen LogP contribution is -2.37. The molecule has 258 valence electrons. The lowest BCUT2D eigenvalue weighted by atomic mass is 9.80. The molecule has 0 bridgehead atoms. The van der Waals surface area contributed by atoms with Gasteiger partial charge in [0.1, 0.15) is 0 Å². The van der Waals surface area contributed by atoms with E-state index in [4.69, 9.17) is 0 Å². The zero-order chi connectivity index (χ0) is 36.2. The lowest BCUT2D eigenvalue weighted by Gasteiger charge is -2.23. The molecule has 51 heavy (non-hydrogen) atoms. The van der Waals surface area contributed by atoms with Gasteiger partial charge in [-0.15, -0.1) is 0 Å². The molecular formula is C50H53N. The van der Waals surface area contributed by atoms with E-state index in [0.717, 1.165) is 13.0 Å². The number of benzene rings is 6. The first kappa shape index (κ1) is 36.9. The SMILES string of the molecule is CC=CCC.CCC.Cc1c(-c2ccccc2)c(C)c(-c2cccc(-c3cccc(C4=c5ccccc5=CCN4)c3)c2)c(C)c1-c1ccccc1. The van der Waals surface area contributed by atoms with Gasteiger partial charge in [0.15, 0.2) is 0 Å². The fourth-order valence-electron chi connectivity index (χ4n) is 7.19. The smallest absolute Gasteiger partial charge is 0.0496 e. The molecule has 0 amide bonds. The van der Waals surface area contributed by atoms with Gasteiger partial charge in [0.05, 0.1) is 0 Å². The highest BCUT2D eigenvalue weighted by molar-refractivity contribution is 5.92. The Hall–Kier alpha value is -5.40. The van der Waals surface area contributed by atoms with Crippen molar-refractivity contribution in [2.24, 2.45) is 0 Å². The van der Waals surface area contributed by atoms with E-state index in [2.05, 4.69) is 199 Å². The van der Waals surface area contributed by atoms with E-state index in [1.165, 1.54) is 89.3 Å². The standard InChI is InChI=1S/C42H35N.C5H10.C3H8/c1-28-39(32-15-6-4-7-16-32)29(2)41(30(3)40(28)33-17-8-5-9-18-33)36-21-12-19-34(26-36)35-20-13-22-37(27-35)42-38-23-11-10-14-31(38)24-25-43-42;1-3-5-4-2;1-3-2/h4-24,26-27,43H,25H2,1-3H3;3,5H,4H2,1-2H3;3H2,1-2H3. The Morgan fingerprint density at radius 2 is 0.941 bits per heavy atom. The zero-order valence-electron chi connectivity index (χ0n) is 31.6. The van der Waals surface area contributed by atoms with E-state index in [-0.39, 0.29) is 0 Å². The van der Waals surface area contributed by atoms with Crippen LogP contribution in [0.3, 0.4) is 0 Å². The van der Waals surface area contributed by atoms with E-state index in [9.17, 15) is 0 Å². The van der Waals surface area contributed by atoms with Gasteiger partial charge in [-0.2, -0.15) is 0 Å². The van der Waals surface area contributed by atoms with Gasteiger partial charge in [-0.1, -0.05) is 167 Å². The average molecular weight is 668 g/mol. The maximum atomic E-state index is 3.63. The van der Waals surface area contributed by atoms with Crippen LogP contribution in [0.4, 0.5) is 0 Å². The van der Waals surface area contributed by atoms with Crippen molar-refractivity contribution in [1.29, 1.82) is 0 Å². The van der Waals surface area contributed by atoms with Gasteiger partial charge in [0.2, 0.25) is 0 Å². The third-order valence-corrected chi connectivity index (χ3v) is 9.31. The summed E-state index contributed by atoms with van der Waals surface area (Å²) in [4.78, 5) is 0. The number of nitrogens with one attached hydrogen (secondary N) is 1. The molecule has 0 spiro atoms. The molecular weight excluding hydrogens is 615 g/mol. The molecule has 0 atom stereocenters. The van der Waals surface area contributed by atoms with Gasteiger partial charge in [-0.25, -0.2) is 0 Å². The molecule has 1 N–H and O–H groups in total. The topological polar surface area (TPSA) is 12.0 Å². The van der Waals surface area contributed by atoms with Crippen LogP contribution in [-0.2, 0) is 0 Å². The maximum Gasteiger partial charge on any atom is 0.0496 e. The van der Waals surface area contributed by atoms with E-state index in [0.29, 0.717) is 0 Å². The molecule has 0 aromatic heterocycles. The van der Waals surface area contributed by atoms with Crippen molar-refractivity contribution in [3.63, 3.8) is 0 Å². The Bertz CT molecular complexity index is 2140. The van der Waals surface area contributed by atoms with Gasteiger partial charge in [0.25, 0.3) is 0 Å². The van der Waals surface area contributed by atoms with Crippen molar-refractivity contribution in [3.05, 3.63) is 178 Å². The normalized spacial score (nSPS) is 11.7. The van der Waals surface area contributed by atoms with Crippen molar-refractivity contribution in [2.45, 2.75) is 61.3 Å². The zero-order valence-corrected chi connectivity index (χ0v) is 31.6. The molecule has 0 unspecified atom stereocenters. The van der Waals surface area contributed by atoms with Crippen LogP contribution >= 0.6 is 0 Å². The van der Waals surface area contributed by atoms with Gasteiger partial charge in [-0.3, -0.25) is 0 Å². The van der Waals surface area contributed by atoms with Crippen LogP contribution in [0, 0.1) is 20.8 Å². The molecule has 1 aliphatic heterocycles. The van der Waals surface area contributed by atoms with Crippen LogP contribution in [0.2, 0.25) is 0 Å². The average Bonchev–Trinajstić information content (AvgIpc) is 3.16. The molecule has 6 aromatic carbocycles. The Balaban J connectivity index is 0.000000573. The predicted octanol–water partition coefficient (Wildman–Crippen LogP) is 12.2. The fraction of sp³-hybridized carbons (Fsp3) is 0.200. The minimum Gasteiger partial charge on any atom is -0.381 e. The molecule has 1 aliphatic rings. The Morgan fingerprint density at radius 1 is 0.510 bits per heavy atom. The Kier molecular flexibility index (Phi) is 13.0.